The number of methoxy groups -OCH3 is 1. The molecule has 31 heavy (non-hydrogen) atoms. The van der Waals surface area contributed by atoms with E-state index in [9.17, 15) is 9.18 Å². The number of benzene rings is 2. The summed E-state index contributed by atoms with van der Waals surface area (Å²) in [6.45, 7) is 1.11. The summed E-state index contributed by atoms with van der Waals surface area (Å²) in [5.74, 6) is -0.622. The predicted molar refractivity (Wildman–Crippen MR) is 113 cm³/mol. The molecular formula is C23H22FN5O2. The molecule has 2 heterocycles. The minimum atomic E-state index is -0.531. The molecule has 1 aliphatic heterocycles. The minimum Gasteiger partial charge on any atom is -0.494 e. The van der Waals surface area contributed by atoms with Crippen molar-refractivity contribution in [2.75, 3.05) is 20.2 Å². The second-order valence-electron chi connectivity index (χ2n) is 7.49. The summed E-state index contributed by atoms with van der Waals surface area (Å²) in [6, 6.07) is 15.1. The van der Waals surface area contributed by atoms with E-state index in [1.165, 1.54) is 23.9 Å². The SMILES string of the molecule is COc1ccc(-n2nc(C(=O)N3CCCC(N)C3)cc2-c2ccc(C#N)cc2)cc1F. The zero-order valence-corrected chi connectivity index (χ0v) is 17.1. The Morgan fingerprint density at radius 2 is 2.03 bits per heavy atom. The van der Waals surface area contributed by atoms with Crippen LogP contribution < -0.4 is 10.5 Å². The molecule has 1 aromatic heterocycles. The number of carbonyl (C=O) groups excluding carboxylic acids is 1. The molecule has 0 spiro atoms. The monoisotopic (exact) mass is 419 g/mol. The van der Waals surface area contributed by atoms with Crippen LogP contribution in [0.5, 0.6) is 5.75 Å². The molecule has 2 N–H and O–H groups in total. The summed E-state index contributed by atoms with van der Waals surface area (Å²) in [5.41, 5.74) is 8.61. The topological polar surface area (TPSA) is 97.2 Å². The lowest BCUT2D eigenvalue weighted by atomic mass is 10.1. The van der Waals surface area contributed by atoms with Crippen molar-refractivity contribution in [1.82, 2.24) is 14.7 Å². The third-order valence-corrected chi connectivity index (χ3v) is 5.36. The highest BCUT2D eigenvalue weighted by Crippen LogP contribution is 2.28. The summed E-state index contributed by atoms with van der Waals surface area (Å²) in [5, 5.41) is 13.6. The molecule has 1 fully saturated rings. The predicted octanol–water partition coefficient (Wildman–Crippen LogP) is 3.12. The van der Waals surface area contributed by atoms with Gasteiger partial charge in [0.2, 0.25) is 0 Å². The quantitative estimate of drug-likeness (QED) is 0.701. The first-order valence-corrected chi connectivity index (χ1v) is 9.99. The van der Waals surface area contributed by atoms with Crippen molar-refractivity contribution in [2.45, 2.75) is 18.9 Å². The summed E-state index contributed by atoms with van der Waals surface area (Å²) in [7, 11) is 1.40. The number of nitriles is 1. The fraction of sp³-hybridized carbons (Fsp3) is 0.261. The fourth-order valence-corrected chi connectivity index (χ4v) is 3.75. The maximum absolute atomic E-state index is 14.4. The molecule has 0 bridgehead atoms. The number of amides is 1. The van der Waals surface area contributed by atoms with E-state index in [1.807, 2.05) is 0 Å². The molecule has 1 unspecified atom stereocenters. The smallest absolute Gasteiger partial charge is 0.274 e. The number of likely N-dealkylation sites (tertiary alicyclic amines) is 1. The third kappa shape index (κ3) is 4.13. The Hall–Kier alpha value is -3.70. The third-order valence-electron chi connectivity index (χ3n) is 5.36. The van der Waals surface area contributed by atoms with Crippen LogP contribution in [0.1, 0.15) is 28.9 Å². The van der Waals surface area contributed by atoms with Crippen LogP contribution in [0.3, 0.4) is 0 Å². The Labute approximate surface area is 179 Å². The number of nitrogens with zero attached hydrogens (tertiary/aromatic N) is 4. The van der Waals surface area contributed by atoms with E-state index in [0.29, 0.717) is 30.0 Å². The second-order valence-corrected chi connectivity index (χ2v) is 7.49. The van der Waals surface area contributed by atoms with Crippen LogP contribution in [0, 0.1) is 17.1 Å². The summed E-state index contributed by atoms with van der Waals surface area (Å²) in [6.07, 6.45) is 1.74. The molecule has 8 heteroatoms. The molecule has 1 saturated heterocycles. The van der Waals surface area contributed by atoms with Gasteiger partial charge in [0.1, 0.15) is 0 Å². The molecule has 0 saturated carbocycles. The maximum atomic E-state index is 14.4. The molecule has 3 aromatic rings. The van der Waals surface area contributed by atoms with Crippen LogP contribution in [0.2, 0.25) is 0 Å². The molecule has 0 aliphatic carbocycles. The Bertz CT molecular complexity index is 1150. The van der Waals surface area contributed by atoms with Gasteiger partial charge in [-0.1, -0.05) is 12.1 Å². The molecule has 7 nitrogen and oxygen atoms in total. The summed E-state index contributed by atoms with van der Waals surface area (Å²) in [4.78, 5) is 14.8. The Balaban J connectivity index is 1.79. The van der Waals surface area contributed by atoms with Crippen LogP contribution >= 0.6 is 0 Å². The Kier molecular flexibility index (Phi) is 5.69. The van der Waals surface area contributed by atoms with Gasteiger partial charge in [0.15, 0.2) is 17.3 Å². The number of hydrogen-bond donors (Lipinski definition) is 1. The van der Waals surface area contributed by atoms with Gasteiger partial charge in [-0.25, -0.2) is 9.07 Å². The number of nitrogens with two attached hydrogens (primary N) is 1. The van der Waals surface area contributed by atoms with Gasteiger partial charge in [0, 0.05) is 30.8 Å². The van der Waals surface area contributed by atoms with E-state index in [4.69, 9.17) is 15.7 Å². The number of rotatable bonds is 4. The first-order chi connectivity index (χ1) is 15.0. The molecule has 4 rings (SSSR count). The number of carbonyl (C=O) groups is 1. The van der Waals surface area contributed by atoms with E-state index >= 15 is 0 Å². The molecule has 1 atom stereocenters. The van der Waals surface area contributed by atoms with Crippen molar-refractivity contribution in [3.05, 3.63) is 65.6 Å². The first kappa shape index (κ1) is 20.6. The summed E-state index contributed by atoms with van der Waals surface area (Å²) >= 11 is 0. The molecule has 2 aromatic carbocycles. The standard InChI is InChI=1S/C23H22FN5O2/c1-31-22-9-8-18(11-19(22)24)29-21(16-6-4-15(13-25)5-7-16)12-20(27-29)23(30)28-10-2-3-17(26)14-28/h4-9,11-12,17H,2-3,10,14,26H2,1H3. The normalized spacial score (nSPS) is 16.1. The lowest BCUT2D eigenvalue weighted by molar-refractivity contribution is 0.0702. The molecule has 0 radical (unpaired) electrons. The van der Waals surface area contributed by atoms with Crippen molar-refractivity contribution in [3.63, 3.8) is 0 Å². The number of halogens is 1. The fourth-order valence-electron chi connectivity index (χ4n) is 3.75. The van der Waals surface area contributed by atoms with Gasteiger partial charge in [-0.2, -0.15) is 10.4 Å². The van der Waals surface area contributed by atoms with Gasteiger partial charge in [0.25, 0.3) is 5.91 Å². The highest BCUT2D eigenvalue weighted by Gasteiger charge is 2.26. The second kappa shape index (κ2) is 8.58. The molecule has 1 amide bonds. The Morgan fingerprint density at radius 1 is 1.26 bits per heavy atom. The summed E-state index contributed by atoms with van der Waals surface area (Å²) < 4.78 is 20.9. The molecular weight excluding hydrogens is 397 g/mol. The Morgan fingerprint density at radius 3 is 2.68 bits per heavy atom. The van der Waals surface area contributed by atoms with E-state index < -0.39 is 5.82 Å². The van der Waals surface area contributed by atoms with Crippen LogP contribution in [0.15, 0.2) is 48.5 Å². The van der Waals surface area contributed by atoms with Crippen LogP contribution in [0.4, 0.5) is 4.39 Å². The highest BCUT2D eigenvalue weighted by atomic mass is 19.1. The maximum Gasteiger partial charge on any atom is 0.274 e. The van der Waals surface area contributed by atoms with Crippen molar-refractivity contribution in [1.29, 1.82) is 5.26 Å². The van der Waals surface area contributed by atoms with Crippen LogP contribution in [-0.2, 0) is 0 Å². The number of ether oxygens (including phenoxy) is 1. The average Bonchev–Trinajstić information content (AvgIpc) is 3.24. The average molecular weight is 419 g/mol. The largest absolute Gasteiger partial charge is 0.494 e. The van der Waals surface area contributed by atoms with Crippen LogP contribution in [-0.4, -0.2) is 46.8 Å². The molecule has 158 valence electrons. The lowest BCUT2D eigenvalue weighted by Gasteiger charge is -2.30. The lowest BCUT2D eigenvalue weighted by Crippen LogP contribution is -2.45. The van der Waals surface area contributed by atoms with Gasteiger partial charge in [-0.15, -0.1) is 0 Å². The van der Waals surface area contributed by atoms with E-state index in [-0.39, 0.29) is 23.4 Å². The van der Waals surface area contributed by atoms with E-state index in [1.54, 1.807) is 41.3 Å². The van der Waals surface area contributed by atoms with E-state index in [2.05, 4.69) is 11.2 Å². The molecule has 1 aliphatic rings. The van der Waals surface area contributed by atoms with Crippen molar-refractivity contribution >= 4 is 5.91 Å². The van der Waals surface area contributed by atoms with Gasteiger partial charge >= 0.3 is 0 Å². The van der Waals surface area contributed by atoms with Gasteiger partial charge in [-0.3, -0.25) is 4.79 Å². The van der Waals surface area contributed by atoms with Crippen molar-refractivity contribution < 1.29 is 13.9 Å². The van der Waals surface area contributed by atoms with Crippen LogP contribution in [0.25, 0.3) is 16.9 Å². The van der Waals surface area contributed by atoms with Gasteiger partial charge in [0.05, 0.1) is 30.1 Å². The van der Waals surface area contributed by atoms with E-state index in [0.717, 1.165) is 18.4 Å². The first-order valence-electron chi connectivity index (χ1n) is 9.99. The van der Waals surface area contributed by atoms with Gasteiger partial charge < -0.3 is 15.4 Å². The number of aromatic nitrogens is 2. The van der Waals surface area contributed by atoms with Crippen molar-refractivity contribution in [3.8, 4) is 28.8 Å². The van der Waals surface area contributed by atoms with Crippen molar-refractivity contribution in [2.24, 2.45) is 5.73 Å². The zero-order valence-electron chi connectivity index (χ0n) is 17.1. The zero-order chi connectivity index (χ0) is 22.0. The highest BCUT2D eigenvalue weighted by molar-refractivity contribution is 5.93. The number of piperidine rings is 1. The number of hydrogen-bond acceptors (Lipinski definition) is 5. The van der Waals surface area contributed by atoms with Gasteiger partial charge in [-0.05, 0) is 43.2 Å². The minimum absolute atomic E-state index is 0.0477.